The molecule has 0 aliphatic heterocycles. The van der Waals surface area contributed by atoms with E-state index in [1.807, 2.05) is 0 Å². The summed E-state index contributed by atoms with van der Waals surface area (Å²) in [7, 11) is 0. The number of phenolic OH excluding ortho intramolecular Hbond substituents is 1. The maximum atomic E-state index is 13.1. The van der Waals surface area contributed by atoms with Crippen molar-refractivity contribution in [1.82, 2.24) is 0 Å². The van der Waals surface area contributed by atoms with Crippen molar-refractivity contribution >= 4 is 11.7 Å². The molecule has 0 radical (unpaired) electrons. The maximum absolute atomic E-state index is 13.1. The van der Waals surface area contributed by atoms with E-state index in [9.17, 15) is 24.4 Å². The second-order valence-corrected chi connectivity index (χ2v) is 3.66. The minimum absolute atomic E-state index is 0.0221. The lowest BCUT2D eigenvalue weighted by atomic mass is 10.0. The highest BCUT2D eigenvalue weighted by molar-refractivity contribution is 5.66. The molecule has 18 heavy (non-hydrogen) atoms. The molecule has 1 rings (SSSR count). The van der Waals surface area contributed by atoms with Gasteiger partial charge in [0.05, 0.1) is 4.92 Å². The van der Waals surface area contributed by atoms with Crippen molar-refractivity contribution in [2.75, 3.05) is 0 Å². The number of nitrogens with zero attached hydrogens (tertiary/aromatic N) is 1. The summed E-state index contributed by atoms with van der Waals surface area (Å²) >= 11 is 0. The molecule has 1 atom stereocenters. The van der Waals surface area contributed by atoms with E-state index in [1.54, 1.807) is 0 Å². The first kappa shape index (κ1) is 13.8. The van der Waals surface area contributed by atoms with Gasteiger partial charge >= 0.3 is 11.7 Å². The first-order valence-electron chi connectivity index (χ1n) is 4.97. The van der Waals surface area contributed by atoms with Gasteiger partial charge in [-0.25, -0.2) is 0 Å². The van der Waals surface area contributed by atoms with Crippen molar-refractivity contribution in [2.45, 2.75) is 18.9 Å². The third-order valence-electron chi connectivity index (χ3n) is 2.36. The second-order valence-electron chi connectivity index (χ2n) is 3.66. The Balaban J connectivity index is 3.04. The van der Waals surface area contributed by atoms with Crippen molar-refractivity contribution in [2.24, 2.45) is 5.73 Å². The Hall–Kier alpha value is -2.22. The SMILES string of the molecule is NC(CCC(=O)O)c1cc([N+](=O)[O-])c(F)cc1O. The minimum Gasteiger partial charge on any atom is -0.507 e. The number of carboxylic acids is 1. The standard InChI is InChI=1S/C10H11FN2O5/c11-6-4-9(14)5(3-8(6)13(17)18)7(12)1-2-10(15)16/h3-4,7,14H,1-2,12H2,(H,15,16). The molecule has 98 valence electrons. The predicted octanol–water partition coefficient (Wildman–Crippen LogP) is 1.30. The first-order chi connectivity index (χ1) is 8.32. The van der Waals surface area contributed by atoms with E-state index in [2.05, 4.69) is 0 Å². The van der Waals surface area contributed by atoms with Crippen LogP contribution in [0.25, 0.3) is 0 Å². The van der Waals surface area contributed by atoms with Crippen LogP contribution in [-0.2, 0) is 4.79 Å². The Labute approximate surface area is 101 Å². The van der Waals surface area contributed by atoms with Gasteiger partial charge < -0.3 is 15.9 Å². The summed E-state index contributed by atoms with van der Waals surface area (Å²) < 4.78 is 13.1. The molecule has 0 spiro atoms. The van der Waals surface area contributed by atoms with Crippen molar-refractivity contribution in [3.63, 3.8) is 0 Å². The number of carboxylic acid groups (broad SMARTS) is 1. The lowest BCUT2D eigenvalue weighted by Gasteiger charge is -2.12. The van der Waals surface area contributed by atoms with Crippen LogP contribution in [0.3, 0.4) is 0 Å². The predicted molar refractivity (Wildman–Crippen MR) is 58.5 cm³/mol. The third kappa shape index (κ3) is 3.14. The topological polar surface area (TPSA) is 127 Å². The first-order valence-corrected chi connectivity index (χ1v) is 4.97. The summed E-state index contributed by atoms with van der Waals surface area (Å²) in [4.78, 5) is 19.9. The molecule has 0 saturated heterocycles. The highest BCUT2D eigenvalue weighted by atomic mass is 19.1. The average Bonchev–Trinajstić information content (AvgIpc) is 2.25. The fourth-order valence-corrected chi connectivity index (χ4v) is 1.44. The number of aromatic hydroxyl groups is 1. The molecule has 0 fully saturated rings. The van der Waals surface area contributed by atoms with Crippen LogP contribution in [0.4, 0.5) is 10.1 Å². The smallest absolute Gasteiger partial charge is 0.305 e. The number of carbonyl (C=O) groups is 1. The van der Waals surface area contributed by atoms with E-state index in [0.717, 1.165) is 6.07 Å². The number of aliphatic carboxylic acids is 1. The lowest BCUT2D eigenvalue weighted by Crippen LogP contribution is -2.13. The van der Waals surface area contributed by atoms with E-state index >= 15 is 0 Å². The van der Waals surface area contributed by atoms with Crippen LogP contribution in [0, 0.1) is 15.9 Å². The molecule has 8 heteroatoms. The molecule has 0 heterocycles. The van der Waals surface area contributed by atoms with Crippen molar-refractivity contribution in [3.05, 3.63) is 33.6 Å². The van der Waals surface area contributed by atoms with Crippen molar-refractivity contribution < 1.29 is 24.3 Å². The van der Waals surface area contributed by atoms with Gasteiger partial charge in [-0.3, -0.25) is 14.9 Å². The molecule has 4 N–H and O–H groups in total. The molecule has 0 bridgehead atoms. The monoisotopic (exact) mass is 258 g/mol. The van der Waals surface area contributed by atoms with Gasteiger partial charge in [0.15, 0.2) is 0 Å². The highest BCUT2D eigenvalue weighted by Gasteiger charge is 2.21. The van der Waals surface area contributed by atoms with E-state index in [4.69, 9.17) is 10.8 Å². The maximum Gasteiger partial charge on any atom is 0.305 e. The molecule has 0 aromatic heterocycles. The van der Waals surface area contributed by atoms with Crippen LogP contribution in [0.15, 0.2) is 12.1 Å². The Morgan fingerprint density at radius 2 is 2.17 bits per heavy atom. The fraction of sp³-hybridized carbons (Fsp3) is 0.300. The summed E-state index contributed by atoms with van der Waals surface area (Å²) in [6, 6.07) is 0.492. The molecular formula is C10H11FN2O5. The van der Waals surface area contributed by atoms with E-state index in [-0.39, 0.29) is 18.4 Å². The highest BCUT2D eigenvalue weighted by Crippen LogP contribution is 2.31. The summed E-state index contributed by atoms with van der Waals surface area (Å²) in [5.74, 6) is -2.79. The molecule has 0 saturated carbocycles. The van der Waals surface area contributed by atoms with Crippen LogP contribution in [0.5, 0.6) is 5.75 Å². The number of hydrogen-bond acceptors (Lipinski definition) is 5. The molecule has 1 aromatic carbocycles. The van der Waals surface area contributed by atoms with Gasteiger partial charge in [0.25, 0.3) is 0 Å². The van der Waals surface area contributed by atoms with Gasteiger partial charge in [-0.1, -0.05) is 0 Å². The number of phenols is 1. The average molecular weight is 258 g/mol. The summed E-state index contributed by atoms with van der Waals surface area (Å²) in [5.41, 5.74) is 4.73. The molecule has 7 nitrogen and oxygen atoms in total. The molecule has 0 aliphatic rings. The zero-order valence-corrected chi connectivity index (χ0v) is 9.17. The Morgan fingerprint density at radius 1 is 1.56 bits per heavy atom. The minimum atomic E-state index is -1.17. The number of nitro benzene ring substituents is 1. The van der Waals surface area contributed by atoms with Crippen LogP contribution >= 0.6 is 0 Å². The van der Waals surface area contributed by atoms with E-state index in [1.165, 1.54) is 0 Å². The van der Waals surface area contributed by atoms with E-state index in [0.29, 0.717) is 6.07 Å². The largest absolute Gasteiger partial charge is 0.507 e. The zero-order chi connectivity index (χ0) is 13.9. The lowest BCUT2D eigenvalue weighted by molar-refractivity contribution is -0.387. The Bertz CT molecular complexity index is 491. The van der Waals surface area contributed by atoms with E-state index < -0.39 is 34.2 Å². The summed E-state index contributed by atoms with van der Waals surface area (Å²) in [6.07, 6.45) is -0.280. The van der Waals surface area contributed by atoms with Crippen LogP contribution in [0.2, 0.25) is 0 Å². The van der Waals surface area contributed by atoms with Gasteiger partial charge in [0, 0.05) is 30.2 Å². The Kier molecular flexibility index (Phi) is 4.16. The fourth-order valence-electron chi connectivity index (χ4n) is 1.44. The normalized spacial score (nSPS) is 12.1. The van der Waals surface area contributed by atoms with Gasteiger partial charge in [-0.2, -0.15) is 4.39 Å². The number of nitro groups is 1. The summed E-state index contributed by atoms with van der Waals surface area (Å²) in [5, 5.41) is 28.4. The number of nitrogens with two attached hydrogens (primary N) is 1. The van der Waals surface area contributed by atoms with Crippen LogP contribution < -0.4 is 5.73 Å². The number of hydrogen-bond donors (Lipinski definition) is 3. The van der Waals surface area contributed by atoms with Gasteiger partial charge in [0.1, 0.15) is 5.75 Å². The third-order valence-corrected chi connectivity index (χ3v) is 2.36. The second kappa shape index (κ2) is 5.41. The molecule has 1 unspecified atom stereocenters. The Morgan fingerprint density at radius 3 is 2.67 bits per heavy atom. The molecule has 0 amide bonds. The summed E-state index contributed by atoms with van der Waals surface area (Å²) in [6.45, 7) is 0. The van der Waals surface area contributed by atoms with Gasteiger partial charge in [0.2, 0.25) is 5.82 Å². The van der Waals surface area contributed by atoms with Crippen LogP contribution in [0.1, 0.15) is 24.4 Å². The molecule has 1 aromatic rings. The number of rotatable bonds is 5. The zero-order valence-electron chi connectivity index (χ0n) is 9.17. The molecule has 0 aliphatic carbocycles. The van der Waals surface area contributed by atoms with Gasteiger partial charge in [-0.15, -0.1) is 0 Å². The number of benzene rings is 1. The quantitative estimate of drug-likeness (QED) is 0.539. The van der Waals surface area contributed by atoms with Crippen molar-refractivity contribution in [3.8, 4) is 5.75 Å². The number of halogens is 1. The van der Waals surface area contributed by atoms with Crippen LogP contribution in [-0.4, -0.2) is 21.1 Å². The van der Waals surface area contributed by atoms with Gasteiger partial charge in [-0.05, 0) is 6.42 Å². The van der Waals surface area contributed by atoms with Crippen molar-refractivity contribution in [1.29, 1.82) is 0 Å². The molecular weight excluding hydrogens is 247 g/mol.